The minimum Gasteiger partial charge on any atom is -0.480 e. The second-order valence-corrected chi connectivity index (χ2v) is 6.48. The van der Waals surface area contributed by atoms with Crippen molar-refractivity contribution < 1.29 is 24.9 Å². The lowest BCUT2D eigenvalue weighted by molar-refractivity contribution is -0.135. The number of carboxylic acid groups (broad SMARTS) is 1. The van der Waals surface area contributed by atoms with Crippen LogP contribution in [-0.2, 0) is 4.79 Å². The molecular weight excluding hydrogens is 398 g/mol. The fourth-order valence-corrected chi connectivity index (χ4v) is 2.90. The van der Waals surface area contributed by atoms with Crippen LogP contribution in [0.15, 0.2) is 79.0 Å². The van der Waals surface area contributed by atoms with Crippen LogP contribution in [0, 0.1) is 0 Å². The van der Waals surface area contributed by atoms with Gasteiger partial charge in [0.25, 0.3) is 5.91 Å². The van der Waals surface area contributed by atoms with Crippen LogP contribution in [0.2, 0.25) is 0 Å². The van der Waals surface area contributed by atoms with Crippen molar-refractivity contribution in [3.05, 3.63) is 84.7 Å². The lowest BCUT2D eigenvalue weighted by Crippen LogP contribution is -2.29. The molecule has 0 saturated heterocycles. The highest BCUT2D eigenvalue weighted by Gasteiger charge is 2.10. The Labute approximate surface area is 177 Å². The van der Waals surface area contributed by atoms with Crippen LogP contribution in [0.25, 0.3) is 22.0 Å². The summed E-state index contributed by atoms with van der Waals surface area (Å²) in [6, 6.07) is 22.8. The third-order valence-electron chi connectivity index (χ3n) is 4.37. The maximum absolute atomic E-state index is 11.9. The number of carboxylic acids is 1. The minimum absolute atomic E-state index is 0. The first-order valence-corrected chi connectivity index (χ1v) is 9.18. The van der Waals surface area contributed by atoms with Crippen molar-refractivity contribution in [2.24, 2.45) is 0 Å². The standard InChI is InChI=1S/C23H17N3O4.H2O/c27-22(28)14-25-23(29)19-12-17-8-11-21(26-20(17)13-24-19)30-18-9-6-16(7-10-18)15-4-2-1-3-5-15;/h1-13H,14H2,(H,25,29)(H,27,28);1H2. The normalized spacial score (nSPS) is 10.2. The zero-order chi connectivity index (χ0) is 20.9. The summed E-state index contributed by atoms with van der Waals surface area (Å²) in [5.74, 6) is -0.624. The monoisotopic (exact) mass is 417 g/mol. The van der Waals surface area contributed by atoms with Crippen molar-refractivity contribution in [2.75, 3.05) is 6.54 Å². The van der Waals surface area contributed by atoms with E-state index in [-0.39, 0.29) is 11.2 Å². The number of aromatic nitrogens is 2. The number of benzene rings is 2. The summed E-state index contributed by atoms with van der Waals surface area (Å²) in [4.78, 5) is 31.0. The SMILES string of the molecule is O.O=C(O)CNC(=O)c1cc2ccc(Oc3ccc(-c4ccccc4)cc3)nc2cn1. The molecule has 2 heterocycles. The number of aliphatic carboxylic acids is 1. The number of carbonyl (C=O) groups excluding carboxylic acids is 1. The number of hydrogen-bond donors (Lipinski definition) is 2. The van der Waals surface area contributed by atoms with Crippen LogP contribution < -0.4 is 10.1 Å². The molecule has 0 bridgehead atoms. The number of pyridine rings is 2. The molecule has 156 valence electrons. The smallest absolute Gasteiger partial charge is 0.322 e. The number of ether oxygens (including phenoxy) is 1. The molecule has 4 N–H and O–H groups in total. The fraction of sp³-hybridized carbons (Fsp3) is 0.0435. The van der Waals surface area contributed by atoms with Gasteiger partial charge in [0, 0.05) is 11.5 Å². The summed E-state index contributed by atoms with van der Waals surface area (Å²) in [6.45, 7) is -0.466. The minimum atomic E-state index is -1.12. The Morgan fingerprint density at radius 3 is 2.35 bits per heavy atom. The highest BCUT2D eigenvalue weighted by Crippen LogP contribution is 2.26. The van der Waals surface area contributed by atoms with Gasteiger partial charge >= 0.3 is 5.97 Å². The van der Waals surface area contributed by atoms with Crippen LogP contribution in [0.3, 0.4) is 0 Å². The van der Waals surface area contributed by atoms with Gasteiger partial charge in [-0.15, -0.1) is 0 Å². The first-order chi connectivity index (χ1) is 14.6. The molecule has 31 heavy (non-hydrogen) atoms. The van der Waals surface area contributed by atoms with E-state index in [1.54, 1.807) is 18.2 Å². The van der Waals surface area contributed by atoms with E-state index in [1.807, 2.05) is 54.6 Å². The van der Waals surface area contributed by atoms with E-state index in [4.69, 9.17) is 9.84 Å². The first-order valence-electron chi connectivity index (χ1n) is 9.18. The summed E-state index contributed by atoms with van der Waals surface area (Å²) < 4.78 is 5.84. The Bertz CT molecular complexity index is 1210. The quantitative estimate of drug-likeness (QED) is 0.495. The van der Waals surface area contributed by atoms with Crippen molar-refractivity contribution >= 4 is 22.8 Å². The molecule has 0 radical (unpaired) electrons. The Balaban J connectivity index is 0.00000272. The molecule has 1 amide bonds. The second kappa shape index (κ2) is 9.47. The third-order valence-corrected chi connectivity index (χ3v) is 4.37. The van der Waals surface area contributed by atoms with Gasteiger partial charge in [-0.2, -0.15) is 0 Å². The summed E-state index contributed by atoms with van der Waals surface area (Å²) in [7, 11) is 0. The van der Waals surface area contributed by atoms with E-state index in [2.05, 4.69) is 15.3 Å². The number of rotatable bonds is 6. The van der Waals surface area contributed by atoms with Crippen LogP contribution in [-0.4, -0.2) is 39.0 Å². The maximum atomic E-state index is 11.9. The number of carbonyl (C=O) groups is 2. The van der Waals surface area contributed by atoms with E-state index in [0.29, 0.717) is 22.5 Å². The van der Waals surface area contributed by atoms with Crippen molar-refractivity contribution in [2.45, 2.75) is 0 Å². The molecule has 4 aromatic rings. The largest absolute Gasteiger partial charge is 0.480 e. The molecule has 8 heteroatoms. The number of fused-ring (bicyclic) bond motifs is 1. The molecular formula is C23H19N3O5. The highest BCUT2D eigenvalue weighted by molar-refractivity contribution is 5.97. The lowest BCUT2D eigenvalue weighted by Gasteiger charge is -2.08. The van der Waals surface area contributed by atoms with Gasteiger partial charge in [0.2, 0.25) is 5.88 Å². The zero-order valence-corrected chi connectivity index (χ0v) is 16.3. The second-order valence-electron chi connectivity index (χ2n) is 6.48. The number of amides is 1. The van der Waals surface area contributed by atoms with Gasteiger partial charge in [-0.3, -0.25) is 9.59 Å². The highest BCUT2D eigenvalue weighted by atomic mass is 16.5. The molecule has 0 aliphatic rings. The van der Waals surface area contributed by atoms with Crippen molar-refractivity contribution in [3.63, 3.8) is 0 Å². The molecule has 0 unspecified atom stereocenters. The average Bonchev–Trinajstić information content (AvgIpc) is 2.78. The van der Waals surface area contributed by atoms with E-state index >= 15 is 0 Å². The molecule has 8 nitrogen and oxygen atoms in total. The predicted molar refractivity (Wildman–Crippen MR) is 115 cm³/mol. The van der Waals surface area contributed by atoms with Gasteiger partial charge in [0.15, 0.2) is 0 Å². The molecule has 0 saturated carbocycles. The molecule has 0 atom stereocenters. The van der Waals surface area contributed by atoms with Crippen molar-refractivity contribution in [3.8, 4) is 22.8 Å². The fourth-order valence-electron chi connectivity index (χ4n) is 2.90. The maximum Gasteiger partial charge on any atom is 0.322 e. The lowest BCUT2D eigenvalue weighted by atomic mass is 10.1. The van der Waals surface area contributed by atoms with Gasteiger partial charge in [-0.25, -0.2) is 9.97 Å². The zero-order valence-electron chi connectivity index (χ0n) is 16.3. The summed E-state index contributed by atoms with van der Waals surface area (Å²) in [5, 5.41) is 11.6. The summed E-state index contributed by atoms with van der Waals surface area (Å²) >= 11 is 0. The average molecular weight is 417 g/mol. The number of nitrogens with zero attached hydrogens (tertiary/aromatic N) is 2. The molecule has 0 fully saturated rings. The number of nitrogens with one attached hydrogen (secondary N) is 1. The topological polar surface area (TPSA) is 133 Å². The predicted octanol–water partition coefficient (Wildman–Crippen LogP) is 3.08. The molecule has 2 aromatic carbocycles. The van der Waals surface area contributed by atoms with Gasteiger partial charge in [0.05, 0.1) is 11.7 Å². The molecule has 0 aliphatic carbocycles. The Morgan fingerprint density at radius 1 is 0.935 bits per heavy atom. The number of hydrogen-bond acceptors (Lipinski definition) is 5. The van der Waals surface area contributed by atoms with E-state index in [0.717, 1.165) is 11.1 Å². The molecule has 0 spiro atoms. The van der Waals surface area contributed by atoms with Gasteiger partial charge in [0.1, 0.15) is 18.0 Å². The molecule has 4 rings (SSSR count). The Kier molecular flexibility index (Phi) is 6.54. The summed E-state index contributed by atoms with van der Waals surface area (Å²) in [6.07, 6.45) is 1.45. The first kappa shape index (κ1) is 21.4. The van der Waals surface area contributed by atoms with Gasteiger partial charge in [-0.1, -0.05) is 42.5 Å². The van der Waals surface area contributed by atoms with Crippen LogP contribution in [0.1, 0.15) is 10.5 Å². The molecule has 0 aliphatic heterocycles. The van der Waals surface area contributed by atoms with Crippen LogP contribution >= 0.6 is 0 Å². The van der Waals surface area contributed by atoms with Crippen LogP contribution in [0.5, 0.6) is 11.6 Å². The van der Waals surface area contributed by atoms with Gasteiger partial charge in [-0.05, 0) is 35.4 Å². The van der Waals surface area contributed by atoms with Crippen LogP contribution in [0.4, 0.5) is 0 Å². The Morgan fingerprint density at radius 2 is 1.65 bits per heavy atom. The van der Waals surface area contributed by atoms with Crippen molar-refractivity contribution in [1.82, 2.24) is 15.3 Å². The van der Waals surface area contributed by atoms with Gasteiger partial charge < -0.3 is 20.6 Å². The van der Waals surface area contributed by atoms with Crippen molar-refractivity contribution in [1.29, 1.82) is 0 Å². The van der Waals surface area contributed by atoms with E-state index < -0.39 is 18.4 Å². The summed E-state index contributed by atoms with van der Waals surface area (Å²) in [5.41, 5.74) is 2.90. The van der Waals surface area contributed by atoms with E-state index in [9.17, 15) is 9.59 Å². The molecule has 2 aromatic heterocycles. The Hall–Kier alpha value is -4.30. The third kappa shape index (κ3) is 5.20. The van der Waals surface area contributed by atoms with E-state index in [1.165, 1.54) is 6.20 Å².